The van der Waals surface area contributed by atoms with E-state index >= 15 is 0 Å². The number of aromatic amines is 1. The van der Waals surface area contributed by atoms with Gasteiger partial charge in [-0.1, -0.05) is 0 Å². The molecule has 1 rings (SSSR count). The van der Waals surface area contributed by atoms with E-state index in [1.165, 1.54) is 12.1 Å². The van der Waals surface area contributed by atoms with Crippen molar-refractivity contribution in [2.75, 3.05) is 5.32 Å². The number of anilines is 1. The number of carbonyl (C=O) groups is 1. The Labute approximate surface area is 79.1 Å². The molecule has 0 aliphatic carbocycles. The number of aromatic nitrogens is 2. The lowest BCUT2D eigenvalue weighted by Crippen LogP contribution is -2.22. The van der Waals surface area contributed by atoms with E-state index in [4.69, 9.17) is 11.6 Å². The molecule has 6 heteroatoms. The van der Waals surface area contributed by atoms with Gasteiger partial charge in [-0.3, -0.25) is 9.59 Å². The lowest BCUT2D eigenvalue weighted by atomic mass is 10.4. The van der Waals surface area contributed by atoms with E-state index in [1.54, 1.807) is 6.92 Å². The lowest BCUT2D eigenvalue weighted by Gasteiger charge is -2.03. The molecule has 2 N–H and O–H groups in total. The summed E-state index contributed by atoms with van der Waals surface area (Å²) in [6.45, 7) is 1.54. The summed E-state index contributed by atoms with van der Waals surface area (Å²) in [4.78, 5) is 21.6. The minimum atomic E-state index is -0.631. The van der Waals surface area contributed by atoms with Gasteiger partial charge < -0.3 is 5.32 Å². The van der Waals surface area contributed by atoms with Gasteiger partial charge in [0.05, 0.1) is 0 Å². The SMILES string of the molecule is CC(Cl)C(=O)Nc1ccc(=O)[nH]n1. The molecular weight excluding hydrogens is 194 g/mol. The first-order valence-corrected chi connectivity index (χ1v) is 4.04. The lowest BCUT2D eigenvalue weighted by molar-refractivity contribution is -0.115. The number of H-pyrrole nitrogens is 1. The minimum absolute atomic E-state index is 0.275. The first-order valence-electron chi connectivity index (χ1n) is 3.60. The molecule has 5 nitrogen and oxygen atoms in total. The average molecular weight is 202 g/mol. The van der Waals surface area contributed by atoms with Gasteiger partial charge >= 0.3 is 0 Å². The first-order chi connectivity index (χ1) is 6.09. The fourth-order valence-corrected chi connectivity index (χ4v) is 0.694. The first kappa shape index (κ1) is 9.73. The van der Waals surface area contributed by atoms with E-state index in [1.807, 2.05) is 0 Å². The summed E-state index contributed by atoms with van der Waals surface area (Å²) >= 11 is 5.50. The molecule has 0 fully saturated rings. The van der Waals surface area contributed by atoms with E-state index in [0.29, 0.717) is 0 Å². The fraction of sp³-hybridized carbons (Fsp3) is 0.286. The Balaban J connectivity index is 2.70. The molecule has 0 spiro atoms. The highest BCUT2D eigenvalue weighted by atomic mass is 35.5. The number of hydrogen-bond donors (Lipinski definition) is 2. The largest absolute Gasteiger partial charge is 0.308 e. The summed E-state index contributed by atoms with van der Waals surface area (Å²) < 4.78 is 0. The predicted octanol–water partition coefficient (Wildman–Crippen LogP) is 0.336. The Bertz CT molecular complexity index is 341. The zero-order chi connectivity index (χ0) is 9.84. The summed E-state index contributed by atoms with van der Waals surface area (Å²) in [5, 5.41) is 7.54. The van der Waals surface area contributed by atoms with E-state index < -0.39 is 5.38 Å². The van der Waals surface area contributed by atoms with Crippen LogP contribution in [0.1, 0.15) is 6.92 Å². The molecule has 70 valence electrons. The number of carbonyl (C=O) groups excluding carboxylic acids is 1. The molecule has 1 heterocycles. The third-order valence-corrected chi connectivity index (χ3v) is 1.49. The maximum atomic E-state index is 11.0. The van der Waals surface area contributed by atoms with Crippen LogP contribution in [0.25, 0.3) is 0 Å². The third kappa shape index (κ3) is 2.87. The van der Waals surface area contributed by atoms with Gasteiger partial charge in [-0.2, -0.15) is 5.10 Å². The van der Waals surface area contributed by atoms with Gasteiger partial charge in [-0.15, -0.1) is 11.6 Å². The normalized spacial score (nSPS) is 12.2. The molecule has 1 aromatic rings. The van der Waals surface area contributed by atoms with Gasteiger partial charge in [0.2, 0.25) is 5.91 Å². The molecule has 0 bridgehead atoms. The van der Waals surface area contributed by atoms with Crippen LogP contribution in [-0.2, 0) is 4.79 Å². The number of amides is 1. The van der Waals surface area contributed by atoms with Crippen molar-refractivity contribution in [1.82, 2.24) is 10.2 Å². The summed E-state index contributed by atoms with van der Waals surface area (Å²) in [6.07, 6.45) is 0. The van der Waals surface area contributed by atoms with Crippen LogP contribution in [0.2, 0.25) is 0 Å². The molecule has 0 aromatic carbocycles. The van der Waals surface area contributed by atoms with Gasteiger partial charge in [-0.05, 0) is 13.0 Å². The van der Waals surface area contributed by atoms with E-state index in [-0.39, 0.29) is 17.3 Å². The van der Waals surface area contributed by atoms with Gasteiger partial charge in [0, 0.05) is 6.07 Å². The van der Waals surface area contributed by atoms with Gasteiger partial charge in [-0.25, -0.2) is 5.10 Å². The Kier molecular flexibility index (Phi) is 3.02. The van der Waals surface area contributed by atoms with E-state index in [0.717, 1.165) is 0 Å². The molecule has 1 atom stereocenters. The minimum Gasteiger partial charge on any atom is -0.308 e. The highest BCUT2D eigenvalue weighted by Crippen LogP contribution is 2.00. The highest BCUT2D eigenvalue weighted by molar-refractivity contribution is 6.32. The zero-order valence-electron chi connectivity index (χ0n) is 6.87. The van der Waals surface area contributed by atoms with Crippen LogP contribution in [-0.4, -0.2) is 21.5 Å². The maximum absolute atomic E-state index is 11.0. The van der Waals surface area contributed by atoms with Crippen LogP contribution < -0.4 is 10.9 Å². The van der Waals surface area contributed by atoms with Crippen molar-refractivity contribution in [1.29, 1.82) is 0 Å². The van der Waals surface area contributed by atoms with Gasteiger partial charge in [0.1, 0.15) is 5.38 Å². The van der Waals surface area contributed by atoms with Crippen LogP contribution in [0.3, 0.4) is 0 Å². The van der Waals surface area contributed by atoms with Gasteiger partial charge in [0.15, 0.2) is 5.82 Å². The van der Waals surface area contributed by atoms with Crippen LogP contribution in [0.4, 0.5) is 5.82 Å². The third-order valence-electron chi connectivity index (χ3n) is 1.29. The number of nitrogens with zero attached hydrogens (tertiary/aromatic N) is 1. The summed E-state index contributed by atoms with van der Waals surface area (Å²) in [5.41, 5.74) is -0.322. The molecular formula is C7H8ClN3O2. The molecule has 0 aliphatic rings. The Hall–Kier alpha value is -1.36. The summed E-state index contributed by atoms with van der Waals surface area (Å²) in [5.74, 6) is -0.0849. The van der Waals surface area contributed by atoms with Crippen molar-refractivity contribution < 1.29 is 4.79 Å². The van der Waals surface area contributed by atoms with Crippen LogP contribution in [0.5, 0.6) is 0 Å². The molecule has 0 aliphatic heterocycles. The predicted molar refractivity (Wildman–Crippen MR) is 48.8 cm³/mol. The average Bonchev–Trinajstić information content (AvgIpc) is 2.08. The van der Waals surface area contributed by atoms with Gasteiger partial charge in [0.25, 0.3) is 5.56 Å². The second-order valence-corrected chi connectivity index (χ2v) is 3.07. The molecule has 0 saturated heterocycles. The topological polar surface area (TPSA) is 74.8 Å². The monoisotopic (exact) mass is 201 g/mol. The molecule has 0 saturated carbocycles. The fourth-order valence-electron chi connectivity index (χ4n) is 0.640. The number of nitrogens with one attached hydrogen (secondary N) is 2. The van der Waals surface area contributed by atoms with Crippen molar-refractivity contribution >= 4 is 23.3 Å². The van der Waals surface area contributed by atoms with Crippen molar-refractivity contribution in [3.05, 3.63) is 22.5 Å². The van der Waals surface area contributed by atoms with Crippen LogP contribution >= 0.6 is 11.6 Å². The standard InChI is InChI=1S/C7H8ClN3O2/c1-4(8)7(13)9-5-2-3-6(12)11-10-5/h2-4H,1H3,(H,11,12)(H,9,10,13). The van der Waals surface area contributed by atoms with Crippen LogP contribution in [0.15, 0.2) is 16.9 Å². The Morgan fingerprint density at radius 1 is 1.69 bits per heavy atom. The smallest absolute Gasteiger partial charge is 0.264 e. The highest BCUT2D eigenvalue weighted by Gasteiger charge is 2.09. The molecule has 1 amide bonds. The zero-order valence-corrected chi connectivity index (χ0v) is 7.63. The molecule has 13 heavy (non-hydrogen) atoms. The van der Waals surface area contributed by atoms with Crippen LogP contribution in [0, 0.1) is 0 Å². The number of rotatable bonds is 2. The number of alkyl halides is 1. The molecule has 0 radical (unpaired) electrons. The second-order valence-electron chi connectivity index (χ2n) is 2.41. The summed E-state index contributed by atoms with van der Waals surface area (Å²) in [6, 6.07) is 2.66. The second kappa shape index (κ2) is 4.04. The number of hydrogen-bond acceptors (Lipinski definition) is 3. The van der Waals surface area contributed by atoms with E-state index in [2.05, 4.69) is 15.5 Å². The van der Waals surface area contributed by atoms with Crippen molar-refractivity contribution in [3.8, 4) is 0 Å². The molecule has 1 aromatic heterocycles. The number of halogens is 1. The van der Waals surface area contributed by atoms with Crippen molar-refractivity contribution in [2.45, 2.75) is 12.3 Å². The Morgan fingerprint density at radius 3 is 2.85 bits per heavy atom. The van der Waals surface area contributed by atoms with Crippen molar-refractivity contribution in [3.63, 3.8) is 0 Å². The molecule has 1 unspecified atom stereocenters. The summed E-state index contributed by atoms with van der Waals surface area (Å²) in [7, 11) is 0. The quantitative estimate of drug-likeness (QED) is 0.678. The van der Waals surface area contributed by atoms with Crippen molar-refractivity contribution in [2.24, 2.45) is 0 Å². The Morgan fingerprint density at radius 2 is 2.38 bits per heavy atom. The maximum Gasteiger partial charge on any atom is 0.264 e. The van der Waals surface area contributed by atoms with E-state index in [9.17, 15) is 9.59 Å².